The summed E-state index contributed by atoms with van der Waals surface area (Å²) in [4.78, 5) is 4.09. The van der Waals surface area contributed by atoms with Crippen LogP contribution in [0.15, 0.2) is 30.6 Å². The van der Waals surface area contributed by atoms with E-state index in [0.717, 1.165) is 6.54 Å². The van der Waals surface area contributed by atoms with Crippen molar-refractivity contribution in [3.8, 4) is 0 Å². The average Bonchev–Trinajstić information content (AvgIpc) is 2.79. The number of aryl methyl sites for hydroxylation is 1. The lowest BCUT2D eigenvalue weighted by atomic mass is 10.1. The quantitative estimate of drug-likeness (QED) is 0.884. The number of hydrogen-bond donors (Lipinski definition) is 1. The smallest absolute Gasteiger partial charge is 0.241 e. The maximum atomic E-state index is 4.25. The molecular formula is C13H20N4. The Hall–Kier alpha value is -1.84. The van der Waals surface area contributed by atoms with Crippen LogP contribution in [-0.4, -0.2) is 21.8 Å². The molecule has 0 aliphatic rings. The molecule has 0 amide bonds. The van der Waals surface area contributed by atoms with E-state index in [0.29, 0.717) is 5.95 Å². The Kier molecular flexibility index (Phi) is 5.20. The molecule has 1 N–H and O–H groups in total. The number of hydrogen-bond acceptors (Lipinski definition) is 3. The van der Waals surface area contributed by atoms with Crippen LogP contribution in [0.1, 0.15) is 25.0 Å². The third kappa shape index (κ3) is 3.90. The minimum Gasteiger partial charge on any atom is -0.356 e. The van der Waals surface area contributed by atoms with E-state index >= 15 is 0 Å². The summed E-state index contributed by atoms with van der Waals surface area (Å²) in [6.45, 7) is 6.85. The van der Waals surface area contributed by atoms with Crippen molar-refractivity contribution in [3.63, 3.8) is 0 Å². The fourth-order valence-corrected chi connectivity index (χ4v) is 1.48. The molecule has 0 radical (unpaired) electrons. The number of nitrogens with zero attached hydrogens (tertiary/aromatic N) is 3. The van der Waals surface area contributed by atoms with Crippen LogP contribution in [0.25, 0.3) is 0 Å². The molecule has 2 rings (SSSR count). The molecular weight excluding hydrogens is 212 g/mol. The highest BCUT2D eigenvalue weighted by molar-refractivity contribution is 5.23. The lowest BCUT2D eigenvalue weighted by Crippen LogP contribution is -2.01. The molecule has 0 saturated heterocycles. The zero-order chi connectivity index (χ0) is 12.7. The van der Waals surface area contributed by atoms with Gasteiger partial charge in [-0.05, 0) is 12.5 Å². The molecule has 0 fully saturated rings. The van der Waals surface area contributed by atoms with Gasteiger partial charge >= 0.3 is 0 Å². The molecule has 0 aliphatic carbocycles. The van der Waals surface area contributed by atoms with E-state index in [1.54, 1.807) is 6.33 Å². The first-order valence-corrected chi connectivity index (χ1v) is 5.90. The Morgan fingerprint density at radius 1 is 1.29 bits per heavy atom. The summed E-state index contributed by atoms with van der Waals surface area (Å²) < 4.78 is 1.82. The third-order valence-corrected chi connectivity index (χ3v) is 2.19. The van der Waals surface area contributed by atoms with E-state index in [-0.39, 0.29) is 0 Å². The van der Waals surface area contributed by atoms with Crippen LogP contribution in [0.5, 0.6) is 0 Å². The standard InChI is InChI=1S/C11H14N4.C2H6/c1-9-4-3-5-10(6-9)7-15-8-13-11(12-2)14-15;1-2/h3-6,8H,7H2,1-2H3,(H,12,14);1-2H3. The second-order valence-corrected chi connectivity index (χ2v) is 3.50. The highest BCUT2D eigenvalue weighted by atomic mass is 15.4. The molecule has 4 nitrogen and oxygen atoms in total. The van der Waals surface area contributed by atoms with Crippen LogP contribution < -0.4 is 5.32 Å². The fourth-order valence-electron chi connectivity index (χ4n) is 1.48. The summed E-state index contributed by atoms with van der Waals surface area (Å²) in [6.07, 6.45) is 1.73. The SMILES string of the molecule is CC.CNc1ncn(Cc2cccc(C)c2)n1. The average molecular weight is 232 g/mol. The predicted octanol–water partition coefficient (Wildman–Crippen LogP) is 2.70. The van der Waals surface area contributed by atoms with E-state index in [9.17, 15) is 0 Å². The zero-order valence-corrected chi connectivity index (χ0v) is 10.9. The Balaban J connectivity index is 0.000000686. The lowest BCUT2D eigenvalue weighted by molar-refractivity contribution is 0.686. The van der Waals surface area contributed by atoms with Crippen molar-refractivity contribution >= 4 is 5.95 Å². The van der Waals surface area contributed by atoms with Gasteiger partial charge in [0.05, 0.1) is 6.54 Å². The first kappa shape index (κ1) is 13.2. The molecule has 0 unspecified atom stereocenters. The molecule has 1 aromatic heterocycles. The van der Waals surface area contributed by atoms with Gasteiger partial charge in [0.2, 0.25) is 5.95 Å². The maximum absolute atomic E-state index is 4.25. The topological polar surface area (TPSA) is 42.7 Å². The monoisotopic (exact) mass is 232 g/mol. The number of benzene rings is 1. The van der Waals surface area contributed by atoms with Gasteiger partial charge in [-0.15, -0.1) is 5.10 Å². The van der Waals surface area contributed by atoms with E-state index in [2.05, 4.69) is 46.6 Å². The van der Waals surface area contributed by atoms with Crippen LogP contribution in [0, 0.1) is 6.92 Å². The van der Waals surface area contributed by atoms with Gasteiger partial charge in [0.15, 0.2) is 0 Å². The van der Waals surface area contributed by atoms with Gasteiger partial charge in [-0.2, -0.15) is 0 Å². The largest absolute Gasteiger partial charge is 0.356 e. The van der Waals surface area contributed by atoms with Crippen molar-refractivity contribution in [1.29, 1.82) is 0 Å². The number of anilines is 1. The molecule has 0 aliphatic heterocycles. The summed E-state index contributed by atoms with van der Waals surface area (Å²) in [5.74, 6) is 0.655. The summed E-state index contributed by atoms with van der Waals surface area (Å²) >= 11 is 0. The van der Waals surface area contributed by atoms with Gasteiger partial charge in [0.25, 0.3) is 0 Å². The van der Waals surface area contributed by atoms with Crippen molar-refractivity contribution < 1.29 is 0 Å². The van der Waals surface area contributed by atoms with Crippen LogP contribution in [0.3, 0.4) is 0 Å². The summed E-state index contributed by atoms with van der Waals surface area (Å²) in [5, 5.41) is 7.15. The van der Waals surface area contributed by atoms with Crippen LogP contribution in [0.4, 0.5) is 5.95 Å². The molecule has 1 aromatic carbocycles. The van der Waals surface area contributed by atoms with Gasteiger partial charge in [0.1, 0.15) is 6.33 Å². The Morgan fingerprint density at radius 2 is 2.06 bits per heavy atom. The van der Waals surface area contributed by atoms with Crippen LogP contribution in [0.2, 0.25) is 0 Å². The molecule has 2 aromatic rings. The second-order valence-electron chi connectivity index (χ2n) is 3.50. The second kappa shape index (κ2) is 6.68. The summed E-state index contributed by atoms with van der Waals surface area (Å²) in [7, 11) is 1.81. The molecule has 0 atom stereocenters. The number of aromatic nitrogens is 3. The highest BCUT2D eigenvalue weighted by Gasteiger charge is 1.99. The first-order chi connectivity index (χ1) is 8.28. The minimum absolute atomic E-state index is 0.655. The van der Waals surface area contributed by atoms with Crippen molar-refractivity contribution in [2.75, 3.05) is 12.4 Å². The molecule has 0 bridgehead atoms. The normalized spacial score (nSPS) is 9.41. The number of nitrogens with one attached hydrogen (secondary N) is 1. The van der Waals surface area contributed by atoms with Crippen molar-refractivity contribution in [1.82, 2.24) is 14.8 Å². The zero-order valence-electron chi connectivity index (χ0n) is 10.9. The van der Waals surface area contributed by atoms with E-state index in [1.807, 2.05) is 25.6 Å². The van der Waals surface area contributed by atoms with Gasteiger partial charge in [-0.1, -0.05) is 43.7 Å². The molecule has 92 valence electrons. The lowest BCUT2D eigenvalue weighted by Gasteiger charge is -2.01. The molecule has 4 heteroatoms. The van der Waals surface area contributed by atoms with Gasteiger partial charge in [0, 0.05) is 7.05 Å². The summed E-state index contributed by atoms with van der Waals surface area (Å²) in [6, 6.07) is 8.39. The Bertz CT molecular complexity index is 448. The predicted molar refractivity (Wildman–Crippen MR) is 71.2 cm³/mol. The van der Waals surface area contributed by atoms with Crippen LogP contribution >= 0.6 is 0 Å². The van der Waals surface area contributed by atoms with E-state index in [1.165, 1.54) is 11.1 Å². The van der Waals surface area contributed by atoms with E-state index < -0.39 is 0 Å². The fraction of sp³-hybridized carbons (Fsp3) is 0.385. The first-order valence-electron chi connectivity index (χ1n) is 5.90. The molecule has 17 heavy (non-hydrogen) atoms. The maximum Gasteiger partial charge on any atom is 0.241 e. The minimum atomic E-state index is 0.655. The van der Waals surface area contributed by atoms with Crippen molar-refractivity contribution in [2.24, 2.45) is 0 Å². The van der Waals surface area contributed by atoms with Crippen molar-refractivity contribution in [2.45, 2.75) is 27.3 Å². The number of rotatable bonds is 3. The van der Waals surface area contributed by atoms with Gasteiger partial charge in [-0.25, -0.2) is 9.67 Å². The Labute approximate surface area is 103 Å². The van der Waals surface area contributed by atoms with E-state index in [4.69, 9.17) is 0 Å². The Morgan fingerprint density at radius 3 is 2.65 bits per heavy atom. The third-order valence-electron chi connectivity index (χ3n) is 2.19. The molecule has 0 spiro atoms. The molecule has 1 heterocycles. The van der Waals surface area contributed by atoms with Crippen molar-refractivity contribution in [3.05, 3.63) is 41.7 Å². The highest BCUT2D eigenvalue weighted by Crippen LogP contribution is 2.06. The summed E-state index contributed by atoms with van der Waals surface area (Å²) in [5.41, 5.74) is 2.50. The van der Waals surface area contributed by atoms with Gasteiger partial charge in [-0.3, -0.25) is 0 Å². The van der Waals surface area contributed by atoms with Crippen LogP contribution in [-0.2, 0) is 6.54 Å². The van der Waals surface area contributed by atoms with Gasteiger partial charge < -0.3 is 5.32 Å². The molecule has 0 saturated carbocycles.